The van der Waals surface area contributed by atoms with Crippen LogP contribution in [0.1, 0.15) is 0 Å². The van der Waals surface area contributed by atoms with Crippen LogP contribution in [0.3, 0.4) is 0 Å². The molecule has 8 aromatic carbocycles. The number of benzene rings is 8. The van der Waals surface area contributed by atoms with Crippen molar-refractivity contribution in [1.29, 1.82) is 0 Å². The van der Waals surface area contributed by atoms with Gasteiger partial charge in [0.05, 0.1) is 22.4 Å². The Balaban J connectivity index is 0.000000296. The van der Waals surface area contributed by atoms with Crippen molar-refractivity contribution in [3.8, 4) is 28.3 Å². The Morgan fingerprint density at radius 2 is 1.25 bits per heavy atom. The number of nitrogens with zero attached hydrogens (tertiary/aromatic N) is 4. The first-order valence-electron chi connectivity index (χ1n) is 20.1. The van der Waals surface area contributed by atoms with Crippen molar-refractivity contribution in [2.45, 2.75) is 0 Å². The molecule has 0 spiro atoms. The molecule has 1 aliphatic heterocycles. The predicted molar refractivity (Wildman–Crippen MR) is 247 cm³/mol. The van der Waals surface area contributed by atoms with Crippen molar-refractivity contribution in [3.05, 3.63) is 225 Å². The SMILES string of the molecule is [Ir].[c-]1ccc2c(oc3cc4c(cc32)B(c2ccccc2)c2ccccc2N4c2ccccc2)c1-c1nc2ccccc2n1-c1ccccc1.[c-]1ccccc1-c1ccccn1. The fraction of sp³-hybridized carbons (Fsp3) is 0. The largest absolute Gasteiger partial charge is 0.500 e. The second-order valence-electron chi connectivity index (χ2n) is 14.8. The third-order valence-electron chi connectivity index (χ3n) is 11.2. The first-order chi connectivity index (χ1) is 29.8. The number of pyridine rings is 1. The van der Waals surface area contributed by atoms with Gasteiger partial charge in [0.2, 0.25) is 6.71 Å². The van der Waals surface area contributed by atoms with Crippen LogP contribution in [0.25, 0.3) is 61.3 Å². The van der Waals surface area contributed by atoms with E-state index in [0.717, 1.165) is 72.7 Å². The van der Waals surface area contributed by atoms with E-state index in [1.54, 1.807) is 6.20 Å². The minimum Gasteiger partial charge on any atom is -0.500 e. The number of rotatable bonds is 5. The van der Waals surface area contributed by atoms with E-state index in [-0.39, 0.29) is 26.8 Å². The van der Waals surface area contributed by atoms with Crippen LogP contribution in [0.5, 0.6) is 0 Å². The van der Waals surface area contributed by atoms with Crippen LogP contribution in [0.4, 0.5) is 17.1 Å². The van der Waals surface area contributed by atoms with E-state index in [1.165, 1.54) is 22.1 Å². The van der Waals surface area contributed by atoms with Gasteiger partial charge in [0.1, 0.15) is 5.58 Å². The minimum absolute atomic E-state index is 0. The Bertz CT molecular complexity index is 3230. The number of anilines is 3. The summed E-state index contributed by atoms with van der Waals surface area (Å²) in [6, 6.07) is 77.9. The van der Waals surface area contributed by atoms with Gasteiger partial charge < -0.3 is 18.9 Å². The van der Waals surface area contributed by atoms with Crippen molar-refractivity contribution in [2.24, 2.45) is 0 Å². The molecule has 0 saturated heterocycles. The molecule has 11 aromatic rings. The van der Waals surface area contributed by atoms with E-state index in [0.29, 0.717) is 0 Å². The van der Waals surface area contributed by atoms with Gasteiger partial charge in [0.25, 0.3) is 0 Å². The van der Waals surface area contributed by atoms with Crippen LogP contribution in [0, 0.1) is 12.1 Å². The zero-order valence-electron chi connectivity index (χ0n) is 32.8. The molecule has 1 aliphatic rings. The summed E-state index contributed by atoms with van der Waals surface area (Å²) < 4.78 is 9.10. The molecule has 0 bridgehead atoms. The summed E-state index contributed by atoms with van der Waals surface area (Å²) in [6.07, 6.45) is 1.79. The van der Waals surface area contributed by atoms with Gasteiger partial charge in [-0.05, 0) is 65.2 Å². The molecular weight excluding hydrogens is 924 g/mol. The summed E-state index contributed by atoms with van der Waals surface area (Å²) in [7, 11) is 0. The number of fused-ring (bicyclic) bond motifs is 6. The summed E-state index contributed by atoms with van der Waals surface area (Å²) in [5.74, 6) is 0.803. The van der Waals surface area contributed by atoms with Crippen molar-refractivity contribution in [1.82, 2.24) is 14.5 Å². The van der Waals surface area contributed by atoms with E-state index in [4.69, 9.17) is 9.40 Å². The topological polar surface area (TPSA) is 47.1 Å². The Labute approximate surface area is 368 Å². The van der Waals surface area contributed by atoms with Gasteiger partial charge in [-0.1, -0.05) is 132 Å². The smallest absolute Gasteiger partial charge is 0.246 e. The van der Waals surface area contributed by atoms with Gasteiger partial charge in [-0.3, -0.25) is 4.98 Å². The Morgan fingerprint density at radius 3 is 2.02 bits per heavy atom. The summed E-state index contributed by atoms with van der Waals surface area (Å²) in [4.78, 5) is 11.7. The number of imidazole rings is 1. The Morgan fingerprint density at radius 1 is 0.541 bits per heavy atom. The molecule has 0 unspecified atom stereocenters. The molecular formula is C54H35BIrN4O-2. The molecule has 0 fully saturated rings. The number of furan rings is 1. The molecule has 0 aliphatic carbocycles. The molecule has 5 nitrogen and oxygen atoms in total. The quantitative estimate of drug-likeness (QED) is 0.127. The second-order valence-corrected chi connectivity index (χ2v) is 14.8. The van der Waals surface area contributed by atoms with Gasteiger partial charge >= 0.3 is 0 Å². The Hall–Kier alpha value is -7.31. The minimum atomic E-state index is 0. The fourth-order valence-electron chi connectivity index (χ4n) is 8.58. The summed E-state index contributed by atoms with van der Waals surface area (Å²) >= 11 is 0. The van der Waals surface area contributed by atoms with Gasteiger partial charge in [0, 0.05) is 60.5 Å². The van der Waals surface area contributed by atoms with E-state index in [9.17, 15) is 0 Å². The maximum Gasteiger partial charge on any atom is 0.246 e. The van der Waals surface area contributed by atoms with E-state index in [1.807, 2.05) is 60.7 Å². The van der Waals surface area contributed by atoms with Crippen LogP contribution in [-0.4, -0.2) is 21.2 Å². The normalized spacial score (nSPS) is 11.7. The van der Waals surface area contributed by atoms with Gasteiger partial charge in [-0.15, -0.1) is 54.1 Å². The third kappa shape index (κ3) is 6.84. The van der Waals surface area contributed by atoms with Crippen LogP contribution >= 0.6 is 0 Å². The number of aromatic nitrogens is 3. The van der Waals surface area contributed by atoms with Crippen LogP contribution in [-0.2, 0) is 20.1 Å². The monoisotopic (exact) mass is 959 g/mol. The predicted octanol–water partition coefficient (Wildman–Crippen LogP) is 11.2. The van der Waals surface area contributed by atoms with Gasteiger partial charge in [-0.2, -0.15) is 0 Å². The average molecular weight is 959 g/mol. The second kappa shape index (κ2) is 16.4. The van der Waals surface area contributed by atoms with E-state index < -0.39 is 0 Å². The number of hydrogen-bond donors (Lipinski definition) is 0. The van der Waals surface area contributed by atoms with E-state index >= 15 is 0 Å². The zero-order chi connectivity index (χ0) is 39.8. The van der Waals surface area contributed by atoms with Crippen molar-refractivity contribution >= 4 is 73.1 Å². The zero-order valence-corrected chi connectivity index (χ0v) is 35.2. The summed E-state index contributed by atoms with van der Waals surface area (Å²) in [6.45, 7) is 0.0590. The maximum absolute atomic E-state index is 6.89. The Kier molecular flexibility index (Phi) is 10.2. The molecule has 0 saturated carbocycles. The van der Waals surface area contributed by atoms with Crippen molar-refractivity contribution in [3.63, 3.8) is 0 Å². The maximum atomic E-state index is 6.89. The molecule has 12 rings (SSSR count). The third-order valence-corrected chi connectivity index (χ3v) is 11.2. The van der Waals surface area contributed by atoms with Crippen LogP contribution < -0.4 is 21.3 Å². The van der Waals surface area contributed by atoms with Crippen LogP contribution in [0.2, 0.25) is 0 Å². The van der Waals surface area contributed by atoms with Gasteiger partial charge in [-0.25, -0.2) is 0 Å². The molecule has 61 heavy (non-hydrogen) atoms. The molecule has 1 radical (unpaired) electrons. The fourth-order valence-corrected chi connectivity index (χ4v) is 8.58. The van der Waals surface area contributed by atoms with Crippen LogP contribution in [0.15, 0.2) is 217 Å². The van der Waals surface area contributed by atoms with Gasteiger partial charge in [0.15, 0.2) is 0 Å². The standard InChI is InChI=1S/C43H27BN3O.C11H8N.Ir/c1-4-15-29(16-5-1)44-35-23-10-12-25-38(35)46(30-17-6-2-7-18-30)40-28-41-34(27-36(40)44)32-21-14-22-33(42(32)48-41)43-45-37-24-11-13-26-39(37)47(43)31-19-8-3-9-20-31;1-2-6-10(7-3-1)11-8-4-5-9-12-11;/h1-21,23-28H;1-6,8-9H;/q2*-1;. The summed E-state index contributed by atoms with van der Waals surface area (Å²) in [5.41, 5.74) is 14.6. The average Bonchev–Trinajstić information content (AvgIpc) is 3.90. The molecule has 0 amide bonds. The molecule has 3 aromatic heterocycles. The number of para-hydroxylation sites is 5. The molecule has 0 N–H and O–H groups in total. The van der Waals surface area contributed by atoms with Crippen molar-refractivity contribution < 1.29 is 24.5 Å². The van der Waals surface area contributed by atoms with Crippen molar-refractivity contribution in [2.75, 3.05) is 4.90 Å². The summed E-state index contributed by atoms with van der Waals surface area (Å²) in [5, 5.41) is 2.12. The molecule has 7 heteroatoms. The molecule has 4 heterocycles. The molecule has 0 atom stereocenters. The first kappa shape index (κ1) is 37.9. The number of hydrogen-bond acceptors (Lipinski definition) is 4. The van der Waals surface area contributed by atoms with E-state index in [2.05, 4.69) is 172 Å². The first-order valence-corrected chi connectivity index (χ1v) is 20.1. The molecule has 291 valence electrons.